The highest BCUT2D eigenvalue weighted by Crippen LogP contribution is 2.20. The number of carbonyl (C=O) groups is 1. The van der Waals surface area contributed by atoms with Gasteiger partial charge >= 0.3 is 0 Å². The van der Waals surface area contributed by atoms with Crippen LogP contribution in [0, 0.1) is 0 Å². The zero-order valence-electron chi connectivity index (χ0n) is 11.9. The van der Waals surface area contributed by atoms with Gasteiger partial charge in [-0.1, -0.05) is 0 Å². The van der Waals surface area contributed by atoms with E-state index in [9.17, 15) is 4.79 Å². The molecular formula is C14H22N2O2S. The molecule has 1 aromatic rings. The first-order chi connectivity index (χ1) is 8.76. The molecule has 4 nitrogen and oxygen atoms in total. The first-order valence-corrected chi connectivity index (χ1v) is 7.10. The summed E-state index contributed by atoms with van der Waals surface area (Å²) in [5, 5.41) is 11.9. The number of hydrogen-bond donors (Lipinski definition) is 3. The summed E-state index contributed by atoms with van der Waals surface area (Å²) in [7, 11) is 0. The zero-order valence-corrected chi connectivity index (χ0v) is 12.7. The summed E-state index contributed by atoms with van der Waals surface area (Å²) in [5.41, 5.74) is 0.792. The van der Waals surface area contributed by atoms with Gasteiger partial charge in [-0.2, -0.15) is 0 Å². The average Bonchev–Trinajstić information content (AvgIpc) is 2.26. The molecule has 0 radical (unpaired) electrons. The van der Waals surface area contributed by atoms with Crippen molar-refractivity contribution in [2.75, 3.05) is 5.32 Å². The Hall–Kier alpha value is -1.04. The highest BCUT2D eigenvalue weighted by atomic mass is 32.2. The van der Waals surface area contributed by atoms with Crippen LogP contribution < -0.4 is 10.0 Å². The lowest BCUT2D eigenvalue weighted by Crippen LogP contribution is -2.29. The van der Waals surface area contributed by atoms with E-state index in [1.54, 1.807) is 18.9 Å². The van der Waals surface area contributed by atoms with Crippen molar-refractivity contribution in [2.45, 2.75) is 50.7 Å². The third-order valence-electron chi connectivity index (χ3n) is 2.09. The Labute approximate surface area is 119 Å². The maximum atomic E-state index is 11.5. The summed E-state index contributed by atoms with van der Waals surface area (Å²) in [5.74, 6) is -0.178. The molecule has 0 fully saturated rings. The molecule has 0 saturated heterocycles. The second-order valence-electron chi connectivity index (χ2n) is 5.58. The quantitative estimate of drug-likeness (QED) is 0.727. The van der Waals surface area contributed by atoms with E-state index in [1.807, 2.05) is 24.3 Å². The second-order valence-corrected chi connectivity index (χ2v) is 6.46. The van der Waals surface area contributed by atoms with Crippen molar-refractivity contribution in [3.8, 4) is 0 Å². The minimum absolute atomic E-state index is 0.0504. The van der Waals surface area contributed by atoms with Gasteiger partial charge in [-0.15, -0.1) is 0 Å². The van der Waals surface area contributed by atoms with Crippen LogP contribution in [-0.4, -0.2) is 22.7 Å². The van der Waals surface area contributed by atoms with Crippen LogP contribution in [0.1, 0.15) is 34.1 Å². The van der Waals surface area contributed by atoms with Crippen molar-refractivity contribution < 1.29 is 9.90 Å². The summed E-state index contributed by atoms with van der Waals surface area (Å²) < 4.78 is 3.32. The molecule has 0 bridgehead atoms. The van der Waals surface area contributed by atoms with Crippen molar-refractivity contribution in [2.24, 2.45) is 0 Å². The smallest absolute Gasteiger partial charge is 0.226 e. The van der Waals surface area contributed by atoms with Crippen LogP contribution in [0.25, 0.3) is 0 Å². The average molecular weight is 282 g/mol. The van der Waals surface area contributed by atoms with Gasteiger partial charge in [0.1, 0.15) is 0 Å². The molecule has 0 aliphatic carbocycles. The molecule has 106 valence electrons. The molecule has 0 heterocycles. The summed E-state index contributed by atoms with van der Waals surface area (Å²) in [4.78, 5) is 12.6. The SMILES string of the molecule is CC(O)CC(=O)Nc1ccc(SNC(C)(C)C)cc1. The van der Waals surface area contributed by atoms with E-state index in [0.717, 1.165) is 10.6 Å². The monoisotopic (exact) mass is 282 g/mol. The highest BCUT2D eigenvalue weighted by molar-refractivity contribution is 7.97. The number of aliphatic hydroxyl groups is 1. The predicted octanol–water partition coefficient (Wildman–Crippen LogP) is 2.79. The number of anilines is 1. The first kappa shape index (κ1) is 16.0. The molecule has 3 N–H and O–H groups in total. The van der Waals surface area contributed by atoms with Crippen molar-refractivity contribution in [1.82, 2.24) is 4.72 Å². The van der Waals surface area contributed by atoms with E-state index >= 15 is 0 Å². The molecule has 0 aliphatic heterocycles. The van der Waals surface area contributed by atoms with Gasteiger partial charge in [-0.3, -0.25) is 9.52 Å². The fraction of sp³-hybridized carbons (Fsp3) is 0.500. The minimum Gasteiger partial charge on any atom is -0.393 e. The summed E-state index contributed by atoms with van der Waals surface area (Å²) in [6, 6.07) is 7.60. The molecular weight excluding hydrogens is 260 g/mol. The Morgan fingerprint density at radius 2 is 1.89 bits per heavy atom. The maximum Gasteiger partial charge on any atom is 0.226 e. The maximum absolute atomic E-state index is 11.5. The lowest BCUT2D eigenvalue weighted by Gasteiger charge is -2.19. The molecule has 1 atom stereocenters. The van der Waals surface area contributed by atoms with Crippen LogP contribution in [0.15, 0.2) is 29.2 Å². The number of benzene rings is 1. The Balaban J connectivity index is 2.50. The molecule has 0 saturated carbocycles. The van der Waals surface area contributed by atoms with E-state index in [4.69, 9.17) is 5.11 Å². The summed E-state index contributed by atoms with van der Waals surface area (Å²) in [6.45, 7) is 7.90. The molecule has 1 aromatic carbocycles. The largest absolute Gasteiger partial charge is 0.393 e. The van der Waals surface area contributed by atoms with Crippen LogP contribution in [0.2, 0.25) is 0 Å². The highest BCUT2D eigenvalue weighted by Gasteiger charge is 2.09. The van der Waals surface area contributed by atoms with E-state index < -0.39 is 6.10 Å². The molecule has 19 heavy (non-hydrogen) atoms. The lowest BCUT2D eigenvalue weighted by atomic mass is 10.1. The molecule has 0 spiro atoms. The van der Waals surface area contributed by atoms with Gasteiger partial charge in [-0.05, 0) is 63.9 Å². The predicted molar refractivity (Wildman–Crippen MR) is 80.1 cm³/mol. The Morgan fingerprint density at radius 1 is 1.32 bits per heavy atom. The van der Waals surface area contributed by atoms with E-state index in [-0.39, 0.29) is 17.9 Å². The van der Waals surface area contributed by atoms with Crippen LogP contribution in [0.5, 0.6) is 0 Å². The molecule has 0 aromatic heterocycles. The van der Waals surface area contributed by atoms with Gasteiger partial charge in [0.25, 0.3) is 0 Å². The fourth-order valence-corrected chi connectivity index (χ4v) is 1.99. The molecule has 1 unspecified atom stereocenters. The number of hydrogen-bond acceptors (Lipinski definition) is 4. The third kappa shape index (κ3) is 7.20. The number of amides is 1. The second kappa shape index (κ2) is 6.93. The third-order valence-corrected chi connectivity index (χ3v) is 3.32. The fourth-order valence-electron chi connectivity index (χ4n) is 1.30. The van der Waals surface area contributed by atoms with E-state index in [2.05, 4.69) is 30.8 Å². The zero-order chi connectivity index (χ0) is 14.5. The lowest BCUT2D eigenvalue weighted by molar-refractivity contribution is -0.117. The van der Waals surface area contributed by atoms with Crippen molar-refractivity contribution in [3.05, 3.63) is 24.3 Å². The van der Waals surface area contributed by atoms with E-state index in [1.165, 1.54) is 0 Å². The standard InChI is InChI=1S/C14H22N2O2S/c1-10(17)9-13(18)15-11-5-7-12(8-6-11)19-16-14(2,3)4/h5-8,10,16-17H,9H2,1-4H3,(H,15,18). The van der Waals surface area contributed by atoms with Crippen LogP contribution in [-0.2, 0) is 4.79 Å². The van der Waals surface area contributed by atoms with Crippen molar-refractivity contribution in [3.63, 3.8) is 0 Å². The number of aliphatic hydroxyl groups excluding tert-OH is 1. The minimum atomic E-state index is -0.620. The van der Waals surface area contributed by atoms with Gasteiger partial charge in [-0.25, -0.2) is 0 Å². The van der Waals surface area contributed by atoms with Crippen molar-refractivity contribution in [1.29, 1.82) is 0 Å². The molecule has 0 aliphatic rings. The first-order valence-electron chi connectivity index (χ1n) is 6.28. The Bertz CT molecular complexity index is 410. The number of rotatable bonds is 5. The topological polar surface area (TPSA) is 61.4 Å². The normalized spacial score (nSPS) is 13.1. The number of nitrogens with one attached hydrogen (secondary N) is 2. The molecule has 1 rings (SSSR count). The van der Waals surface area contributed by atoms with Gasteiger partial charge in [0.05, 0.1) is 12.5 Å². The number of carbonyl (C=O) groups excluding carboxylic acids is 1. The summed E-state index contributed by atoms with van der Waals surface area (Å²) >= 11 is 1.56. The summed E-state index contributed by atoms with van der Waals surface area (Å²) in [6.07, 6.45) is -0.506. The van der Waals surface area contributed by atoms with Gasteiger partial charge in [0.15, 0.2) is 0 Å². The van der Waals surface area contributed by atoms with E-state index in [0.29, 0.717) is 0 Å². The molecule has 1 amide bonds. The Morgan fingerprint density at radius 3 is 2.37 bits per heavy atom. The van der Waals surface area contributed by atoms with Crippen molar-refractivity contribution >= 4 is 23.5 Å². The van der Waals surface area contributed by atoms with Crippen LogP contribution in [0.3, 0.4) is 0 Å². The van der Waals surface area contributed by atoms with Gasteiger partial charge in [0, 0.05) is 16.1 Å². The van der Waals surface area contributed by atoms with Crippen LogP contribution in [0.4, 0.5) is 5.69 Å². The van der Waals surface area contributed by atoms with Gasteiger partial charge < -0.3 is 10.4 Å². The molecule has 5 heteroatoms. The van der Waals surface area contributed by atoms with Gasteiger partial charge in [0.2, 0.25) is 5.91 Å². The van der Waals surface area contributed by atoms with Crippen LogP contribution >= 0.6 is 11.9 Å². The Kier molecular flexibility index (Phi) is 5.85.